The van der Waals surface area contributed by atoms with E-state index in [0.29, 0.717) is 0 Å². The molecule has 10 rings (SSSR count). The monoisotopic (exact) mass is 662 g/mol. The minimum absolute atomic E-state index is 1.08. The standard InChI is InChI=1S/C52H38/c1-3-13-35(14-4-1)39-25-27-47-45-23-9-7-17-43(45)33-49(51(47)31-39)41-21-11-19-37(29-41)38-20-12-22-42(30-38)50-34-44-18-8-10-24-46(44)48-28-26-40(32-52(48)50)36-15-5-2-6-16-36/h1-9,11-23,25,27,29-34H,10,24,26,28H2. The van der Waals surface area contributed by atoms with Gasteiger partial charge in [0.15, 0.2) is 0 Å². The van der Waals surface area contributed by atoms with Crippen LogP contribution in [-0.2, 0) is 12.8 Å². The van der Waals surface area contributed by atoms with E-state index < -0.39 is 0 Å². The average molecular weight is 663 g/mol. The summed E-state index contributed by atoms with van der Waals surface area (Å²) >= 11 is 0. The fraction of sp³-hybridized carbons (Fsp3) is 0.0769. The van der Waals surface area contributed by atoms with Crippen LogP contribution in [0.4, 0.5) is 0 Å². The van der Waals surface area contributed by atoms with Gasteiger partial charge in [0.05, 0.1) is 0 Å². The van der Waals surface area contributed by atoms with Crippen LogP contribution in [-0.4, -0.2) is 0 Å². The Hall–Kier alpha value is -6.24. The van der Waals surface area contributed by atoms with E-state index in [0.717, 1.165) is 25.7 Å². The van der Waals surface area contributed by atoms with Gasteiger partial charge in [0.25, 0.3) is 0 Å². The predicted octanol–water partition coefficient (Wildman–Crippen LogP) is 14.1. The van der Waals surface area contributed by atoms with Gasteiger partial charge in [-0.25, -0.2) is 0 Å². The summed E-state index contributed by atoms with van der Waals surface area (Å²) in [5, 5.41) is 5.12. The summed E-state index contributed by atoms with van der Waals surface area (Å²) in [6.07, 6.45) is 11.6. The van der Waals surface area contributed by atoms with Crippen LogP contribution in [0.2, 0.25) is 0 Å². The molecule has 0 amide bonds. The molecule has 0 atom stereocenters. The normalized spacial score (nSPS) is 13.5. The molecule has 52 heavy (non-hydrogen) atoms. The molecule has 0 radical (unpaired) electrons. The van der Waals surface area contributed by atoms with E-state index in [9.17, 15) is 0 Å². The highest BCUT2D eigenvalue weighted by Crippen LogP contribution is 2.43. The highest BCUT2D eigenvalue weighted by Gasteiger charge is 2.22. The number of fused-ring (bicyclic) bond motifs is 6. The molecule has 0 aliphatic heterocycles. The Morgan fingerprint density at radius 1 is 0.365 bits per heavy atom. The first-order valence-corrected chi connectivity index (χ1v) is 18.6. The zero-order chi connectivity index (χ0) is 34.4. The quantitative estimate of drug-likeness (QED) is 0.161. The molecule has 246 valence electrons. The molecule has 8 aromatic carbocycles. The van der Waals surface area contributed by atoms with Gasteiger partial charge >= 0.3 is 0 Å². The largest absolute Gasteiger partial charge is 0.0836 e. The zero-order valence-electron chi connectivity index (χ0n) is 29.1. The molecule has 0 N–H and O–H groups in total. The molecule has 2 aliphatic rings. The zero-order valence-corrected chi connectivity index (χ0v) is 29.1. The number of benzene rings is 8. The van der Waals surface area contributed by atoms with E-state index in [-0.39, 0.29) is 0 Å². The summed E-state index contributed by atoms with van der Waals surface area (Å²) in [4.78, 5) is 0. The lowest BCUT2D eigenvalue weighted by atomic mass is 9.78. The lowest BCUT2D eigenvalue weighted by Gasteiger charge is -2.26. The van der Waals surface area contributed by atoms with Crippen molar-refractivity contribution in [2.24, 2.45) is 0 Å². The lowest BCUT2D eigenvalue weighted by molar-refractivity contribution is 0.913. The van der Waals surface area contributed by atoms with Gasteiger partial charge in [-0.15, -0.1) is 0 Å². The number of hydrogen-bond donors (Lipinski definition) is 0. The summed E-state index contributed by atoms with van der Waals surface area (Å²) in [5.74, 6) is 0. The third kappa shape index (κ3) is 5.40. The number of allylic oxidation sites excluding steroid dienone is 2. The molecule has 0 spiro atoms. The maximum atomic E-state index is 2.49. The Balaban J connectivity index is 1.11. The van der Waals surface area contributed by atoms with E-state index in [1.807, 2.05) is 0 Å². The van der Waals surface area contributed by atoms with E-state index in [1.165, 1.54) is 88.3 Å². The van der Waals surface area contributed by atoms with Gasteiger partial charge in [0, 0.05) is 0 Å². The predicted molar refractivity (Wildman–Crippen MR) is 223 cm³/mol. The molecule has 0 heteroatoms. The van der Waals surface area contributed by atoms with Gasteiger partial charge in [-0.05, 0) is 155 Å². The van der Waals surface area contributed by atoms with Gasteiger partial charge in [-0.3, -0.25) is 0 Å². The molecule has 0 fully saturated rings. The van der Waals surface area contributed by atoms with E-state index >= 15 is 0 Å². The highest BCUT2D eigenvalue weighted by molar-refractivity contribution is 6.14. The van der Waals surface area contributed by atoms with Crippen LogP contribution in [0.5, 0.6) is 0 Å². The fourth-order valence-corrected chi connectivity index (χ4v) is 8.66. The number of rotatable bonds is 5. The van der Waals surface area contributed by atoms with Gasteiger partial charge < -0.3 is 0 Å². The summed E-state index contributed by atoms with van der Waals surface area (Å²) in [6, 6.07) is 60.6. The van der Waals surface area contributed by atoms with Gasteiger partial charge in [0.1, 0.15) is 0 Å². The van der Waals surface area contributed by atoms with Crippen molar-refractivity contribution in [1.29, 1.82) is 0 Å². The maximum absolute atomic E-state index is 2.49. The first-order chi connectivity index (χ1) is 25.8. The van der Waals surface area contributed by atoms with Crippen LogP contribution in [0.1, 0.15) is 40.7 Å². The minimum Gasteiger partial charge on any atom is -0.0836 e. The molecular weight excluding hydrogens is 625 g/mol. The van der Waals surface area contributed by atoms with Crippen molar-refractivity contribution in [2.75, 3.05) is 0 Å². The molecule has 0 saturated carbocycles. The molecule has 8 aromatic rings. The van der Waals surface area contributed by atoms with Crippen LogP contribution < -0.4 is 0 Å². The van der Waals surface area contributed by atoms with Crippen LogP contribution >= 0.6 is 0 Å². The Bertz CT molecular complexity index is 2710. The first kappa shape index (κ1) is 30.6. The summed E-state index contributed by atoms with van der Waals surface area (Å²) < 4.78 is 0. The lowest BCUT2D eigenvalue weighted by Crippen LogP contribution is -2.09. The molecule has 0 nitrogen and oxygen atoms in total. The Morgan fingerprint density at radius 3 is 1.81 bits per heavy atom. The summed E-state index contributed by atoms with van der Waals surface area (Å²) in [7, 11) is 0. The molecule has 0 saturated heterocycles. The molecule has 0 heterocycles. The van der Waals surface area contributed by atoms with Crippen molar-refractivity contribution in [1.82, 2.24) is 0 Å². The van der Waals surface area contributed by atoms with E-state index in [1.54, 1.807) is 11.1 Å². The summed E-state index contributed by atoms with van der Waals surface area (Å²) in [5.41, 5.74) is 18.7. The third-order valence-electron chi connectivity index (χ3n) is 11.2. The van der Waals surface area contributed by atoms with Crippen LogP contribution in [0.25, 0.3) is 83.8 Å². The summed E-state index contributed by atoms with van der Waals surface area (Å²) in [6.45, 7) is 0. The first-order valence-electron chi connectivity index (χ1n) is 18.6. The fourth-order valence-electron chi connectivity index (χ4n) is 8.66. The molecule has 0 aromatic heterocycles. The van der Waals surface area contributed by atoms with Crippen molar-refractivity contribution in [3.8, 4) is 44.5 Å². The Morgan fingerprint density at radius 2 is 1.02 bits per heavy atom. The third-order valence-corrected chi connectivity index (χ3v) is 11.2. The maximum Gasteiger partial charge on any atom is -0.00928 e. The van der Waals surface area contributed by atoms with Crippen molar-refractivity contribution >= 4 is 39.3 Å². The Kier molecular flexibility index (Phi) is 7.54. The van der Waals surface area contributed by atoms with Crippen LogP contribution in [0.15, 0.2) is 170 Å². The molecule has 0 bridgehead atoms. The van der Waals surface area contributed by atoms with Crippen molar-refractivity contribution in [3.05, 3.63) is 198 Å². The Labute approximate surface area is 306 Å². The van der Waals surface area contributed by atoms with Crippen LogP contribution in [0.3, 0.4) is 0 Å². The second-order valence-corrected chi connectivity index (χ2v) is 14.3. The molecular formula is C52H38. The van der Waals surface area contributed by atoms with Gasteiger partial charge in [-0.2, -0.15) is 0 Å². The number of hydrogen-bond acceptors (Lipinski definition) is 0. The van der Waals surface area contributed by atoms with Gasteiger partial charge in [-0.1, -0.05) is 152 Å². The minimum atomic E-state index is 1.08. The molecule has 0 unspecified atom stereocenters. The van der Waals surface area contributed by atoms with Crippen molar-refractivity contribution < 1.29 is 0 Å². The second kappa shape index (κ2) is 12.8. The van der Waals surface area contributed by atoms with Crippen molar-refractivity contribution in [2.45, 2.75) is 25.7 Å². The smallest absolute Gasteiger partial charge is 0.00928 e. The van der Waals surface area contributed by atoms with Crippen molar-refractivity contribution in [3.63, 3.8) is 0 Å². The topological polar surface area (TPSA) is 0 Å². The van der Waals surface area contributed by atoms with E-state index in [4.69, 9.17) is 0 Å². The SMILES string of the molecule is C1=Cc2cc(-c3cccc(-c4cccc(-c5cc6ccccc6c6ccc(-c7ccccc7)cc56)c4)c3)c3c(c2CC1)CCC(c1ccccc1)=C3. The molecule has 2 aliphatic carbocycles. The van der Waals surface area contributed by atoms with Gasteiger partial charge in [0.2, 0.25) is 0 Å². The second-order valence-electron chi connectivity index (χ2n) is 14.3. The van der Waals surface area contributed by atoms with E-state index in [2.05, 4.69) is 182 Å². The van der Waals surface area contributed by atoms with Crippen LogP contribution in [0, 0.1) is 0 Å². The average Bonchev–Trinajstić information content (AvgIpc) is 3.23. The highest BCUT2D eigenvalue weighted by atomic mass is 14.3.